The number of aliphatic carboxylic acids is 1. The van der Waals surface area contributed by atoms with Crippen molar-refractivity contribution in [2.45, 2.75) is 25.4 Å². The predicted molar refractivity (Wildman–Crippen MR) is 222 cm³/mol. The van der Waals surface area contributed by atoms with Crippen LogP contribution in [0.5, 0.6) is 17.2 Å². The summed E-state index contributed by atoms with van der Waals surface area (Å²) in [5.41, 5.74) is 4.44. The number of benzene rings is 5. The number of fused-ring (bicyclic) bond motifs is 3. The number of carboxylic acid groups (broad SMARTS) is 1. The molecule has 1 aliphatic heterocycles. The molecule has 7 rings (SSSR count). The summed E-state index contributed by atoms with van der Waals surface area (Å²) in [6, 6.07) is 11.4. The molecule has 62 heavy (non-hydrogen) atoms. The standard InChI is InChI=1S/C35H28N8O14S4.Cu/c1-57-28-14-25(40-42-32-31(61(54,55)56)10-16-9-30(60(51,52)53)21(36)12-19(16)33(32)45)27(44)13-26(28)41-38-23-7-6-22(18-4-3-17(11-20(18)23)59(48,49)50)39-43-35-37-24-5-2-15(34(46)47)8-29(24)58-35;/h2-14,29,35,44-45,54-56H,36H2,1H3,(H,46,47)(H,48,49,50)(H,51,52,53);. The molecule has 2 unspecified atom stereocenters. The molecule has 0 bridgehead atoms. The topological polar surface area (TPSA) is 369 Å². The Morgan fingerprint density at radius 2 is 1.42 bits per heavy atom. The van der Waals surface area contributed by atoms with Crippen LogP contribution in [0.3, 0.4) is 0 Å². The third-order valence-corrected chi connectivity index (χ3v) is 12.7. The van der Waals surface area contributed by atoms with Crippen LogP contribution in [0.4, 0.5) is 34.1 Å². The van der Waals surface area contributed by atoms with E-state index in [1.54, 1.807) is 12.2 Å². The minimum Gasteiger partial charge on any atom is -0.506 e. The molecule has 1 aliphatic carbocycles. The van der Waals surface area contributed by atoms with E-state index in [9.17, 15) is 59.7 Å². The van der Waals surface area contributed by atoms with Crippen molar-refractivity contribution in [2.24, 2.45) is 35.7 Å². The average molecular weight is 976 g/mol. The van der Waals surface area contributed by atoms with Crippen LogP contribution >= 0.6 is 22.6 Å². The van der Waals surface area contributed by atoms with Gasteiger partial charge in [-0.05, 0) is 60.0 Å². The van der Waals surface area contributed by atoms with Crippen molar-refractivity contribution < 1.29 is 81.5 Å². The first-order chi connectivity index (χ1) is 28.6. The fraction of sp³-hybridized carbons (Fsp3) is 0.0857. The summed E-state index contributed by atoms with van der Waals surface area (Å²) in [6.07, 6.45) is 4.58. The van der Waals surface area contributed by atoms with Gasteiger partial charge in [0.05, 0.1) is 50.5 Å². The molecule has 2 atom stereocenters. The molecule has 2 aliphatic rings. The first-order valence-electron chi connectivity index (χ1n) is 16.8. The summed E-state index contributed by atoms with van der Waals surface area (Å²) in [6.45, 7) is 0. The Morgan fingerprint density at radius 1 is 0.758 bits per heavy atom. The number of allylic oxidation sites excluding steroid dienone is 1. The predicted octanol–water partition coefficient (Wildman–Crippen LogP) is 8.40. The van der Waals surface area contributed by atoms with Gasteiger partial charge in [0.15, 0.2) is 5.75 Å². The van der Waals surface area contributed by atoms with Gasteiger partial charge >= 0.3 is 5.97 Å². The number of aromatic hydroxyl groups is 2. The largest absolute Gasteiger partial charge is 0.506 e. The number of carbonyl (C=O) groups is 1. The van der Waals surface area contributed by atoms with Gasteiger partial charge in [0.2, 0.25) is 5.50 Å². The maximum absolute atomic E-state index is 12.1. The smallest absolute Gasteiger partial charge is 0.335 e. The summed E-state index contributed by atoms with van der Waals surface area (Å²) < 4.78 is 103. The fourth-order valence-corrected chi connectivity index (χ4v) is 8.90. The Morgan fingerprint density at radius 3 is 2.06 bits per heavy atom. The molecule has 0 fully saturated rings. The van der Waals surface area contributed by atoms with Crippen molar-refractivity contribution in [1.82, 2.24) is 0 Å². The molecule has 1 heterocycles. The van der Waals surface area contributed by atoms with E-state index in [0.717, 1.165) is 42.5 Å². The molecule has 0 amide bonds. The molecule has 27 heteroatoms. The van der Waals surface area contributed by atoms with Gasteiger partial charge in [-0.25, -0.2) is 9.79 Å². The van der Waals surface area contributed by atoms with Crippen LogP contribution < -0.4 is 10.5 Å². The Hall–Kier alpha value is -5.84. The van der Waals surface area contributed by atoms with E-state index < -0.39 is 80.1 Å². The van der Waals surface area contributed by atoms with Gasteiger partial charge in [-0.3, -0.25) is 9.11 Å². The summed E-state index contributed by atoms with van der Waals surface area (Å²) >= 11 is 1.25. The number of anilines is 1. The van der Waals surface area contributed by atoms with E-state index in [1.807, 2.05) is 0 Å². The zero-order valence-electron chi connectivity index (χ0n) is 30.8. The van der Waals surface area contributed by atoms with E-state index >= 15 is 0 Å². The van der Waals surface area contributed by atoms with E-state index in [4.69, 9.17) is 10.5 Å². The summed E-state index contributed by atoms with van der Waals surface area (Å²) in [5, 5.41) is 55.6. The van der Waals surface area contributed by atoms with Crippen molar-refractivity contribution >= 4 is 110 Å². The second-order valence-electron chi connectivity index (χ2n) is 12.8. The average Bonchev–Trinajstić information content (AvgIpc) is 3.60. The Labute approximate surface area is 365 Å². The van der Waals surface area contributed by atoms with Gasteiger partial charge < -0.3 is 39.4 Å². The number of carboxylic acids is 1. The van der Waals surface area contributed by atoms with Crippen molar-refractivity contribution in [1.29, 1.82) is 0 Å². The van der Waals surface area contributed by atoms with Crippen LogP contribution in [0, 0.1) is 0 Å². The number of hydrogen-bond acceptors (Lipinski definition) is 20. The Bertz CT molecular complexity index is 3140. The van der Waals surface area contributed by atoms with Crippen LogP contribution in [0.1, 0.15) is 0 Å². The number of methoxy groups -OCH3 is 1. The molecule has 0 saturated carbocycles. The van der Waals surface area contributed by atoms with Gasteiger partial charge in [0.1, 0.15) is 44.3 Å². The minimum atomic E-state index is -4.85. The zero-order chi connectivity index (χ0) is 44.2. The van der Waals surface area contributed by atoms with Gasteiger partial charge in [-0.15, -0.1) is 25.6 Å². The van der Waals surface area contributed by atoms with E-state index in [2.05, 4.69) is 35.7 Å². The number of nitrogen functional groups attached to an aromatic ring is 1. The third kappa shape index (κ3) is 9.32. The van der Waals surface area contributed by atoms with Crippen LogP contribution in [0.2, 0.25) is 0 Å². The quantitative estimate of drug-likeness (QED) is 0.0259. The monoisotopic (exact) mass is 975 g/mol. The molecule has 1 radical (unpaired) electrons. The normalized spacial score (nSPS) is 17.1. The molecule has 0 spiro atoms. The second-order valence-corrected chi connectivity index (χ2v) is 18.3. The molecule has 0 aromatic heterocycles. The van der Waals surface area contributed by atoms with Gasteiger partial charge in [0.25, 0.3) is 20.2 Å². The number of nitrogens with two attached hydrogens (primary N) is 1. The number of azo groups is 3. The summed E-state index contributed by atoms with van der Waals surface area (Å²) in [5.74, 6) is -2.60. The molecular formula is C35H28CuN8O14S4. The van der Waals surface area contributed by atoms with Gasteiger partial charge in [-0.2, -0.15) is 21.9 Å². The molecule has 10 N–H and O–H groups in total. The number of thioether (sulfide) groups is 1. The Balaban J connectivity index is 0.00000641. The molecule has 5 aromatic rings. The van der Waals surface area contributed by atoms with Crippen molar-refractivity contribution in [3.63, 3.8) is 0 Å². The van der Waals surface area contributed by atoms with Gasteiger partial charge in [0, 0.05) is 45.4 Å². The third-order valence-electron chi connectivity index (χ3n) is 8.89. The number of hydrogen-bond donors (Lipinski definition) is 9. The number of nitrogens with zero attached hydrogens (tertiary/aromatic N) is 7. The van der Waals surface area contributed by atoms with E-state index in [-0.39, 0.29) is 72.5 Å². The number of phenolic OH excluding ortho intramolecular Hbond substituents is 2. The van der Waals surface area contributed by atoms with Crippen LogP contribution in [0.25, 0.3) is 21.5 Å². The van der Waals surface area contributed by atoms with Crippen LogP contribution in [-0.2, 0) is 42.1 Å². The minimum absolute atomic E-state index is 0. The number of rotatable bonds is 11. The van der Waals surface area contributed by atoms with E-state index in [1.165, 1.54) is 43.1 Å². The van der Waals surface area contributed by atoms with Gasteiger partial charge in [-0.1, -0.05) is 23.9 Å². The van der Waals surface area contributed by atoms with Crippen molar-refractivity contribution in [3.05, 3.63) is 84.5 Å². The summed E-state index contributed by atoms with van der Waals surface area (Å²) in [7, 11) is -13.0. The van der Waals surface area contributed by atoms with E-state index in [0.29, 0.717) is 11.1 Å². The maximum atomic E-state index is 12.1. The SMILES string of the molecule is COc1cc(N=Nc2c(S(O)(O)O)cc3cc(S(=O)(=O)O)c(N)cc3c2O)c(O)cc1N=Nc1ccc(N=NC2N=C3C=CC(C(=O)O)=CC3S2)c2ccc(S(=O)(=O)O)cc12.[Cu]. The molecule has 22 nitrogen and oxygen atoms in total. The maximum Gasteiger partial charge on any atom is 0.335 e. The molecule has 5 aromatic carbocycles. The number of ether oxygens (including phenoxy) is 1. The first kappa shape index (κ1) is 45.7. The zero-order valence-corrected chi connectivity index (χ0v) is 35.0. The van der Waals surface area contributed by atoms with Crippen molar-refractivity contribution in [2.75, 3.05) is 12.8 Å². The summed E-state index contributed by atoms with van der Waals surface area (Å²) in [4.78, 5) is 13.8. The number of phenols is 2. The first-order valence-corrected chi connectivity index (χ1v) is 22.1. The molecule has 327 valence electrons. The number of aliphatic imine (C=N–C) groups is 1. The van der Waals surface area contributed by atoms with Crippen molar-refractivity contribution in [3.8, 4) is 17.2 Å². The Kier molecular flexibility index (Phi) is 12.6. The van der Waals surface area contributed by atoms with Crippen LogP contribution in [-0.4, -0.2) is 84.5 Å². The second kappa shape index (κ2) is 17.1. The van der Waals surface area contributed by atoms with Crippen LogP contribution in [0.15, 0.2) is 135 Å². The molecular weight excluding hydrogens is 948 g/mol. The molecule has 0 saturated heterocycles. The fourth-order valence-electron chi connectivity index (χ4n) is 6.03.